The summed E-state index contributed by atoms with van der Waals surface area (Å²) in [7, 11) is 0. The maximum absolute atomic E-state index is 5.92. The summed E-state index contributed by atoms with van der Waals surface area (Å²) in [5.41, 5.74) is 2.96. The lowest BCUT2D eigenvalue weighted by Gasteiger charge is -2.22. The third-order valence-corrected chi connectivity index (χ3v) is 2.95. The van der Waals surface area contributed by atoms with Crippen LogP contribution >= 0.6 is 11.6 Å². The van der Waals surface area contributed by atoms with E-state index in [1.54, 1.807) is 0 Å². The van der Waals surface area contributed by atoms with Gasteiger partial charge in [-0.2, -0.15) is 0 Å². The lowest BCUT2D eigenvalue weighted by molar-refractivity contribution is 0.590. The van der Waals surface area contributed by atoms with Gasteiger partial charge in [-0.05, 0) is 48.4 Å². The largest absolute Gasteiger partial charge is 0.0843 e. The van der Waals surface area contributed by atoms with Crippen LogP contribution in [-0.4, -0.2) is 0 Å². The van der Waals surface area contributed by atoms with Crippen LogP contribution in [0, 0.1) is 0 Å². The first kappa shape index (κ1) is 8.12. The van der Waals surface area contributed by atoms with Gasteiger partial charge in [0.1, 0.15) is 0 Å². The van der Waals surface area contributed by atoms with Gasteiger partial charge in [0.15, 0.2) is 0 Å². The first-order valence-electron chi connectivity index (χ1n) is 4.55. The van der Waals surface area contributed by atoms with Crippen molar-refractivity contribution in [1.82, 2.24) is 0 Å². The molecule has 0 radical (unpaired) electrons. The predicted octanol–water partition coefficient (Wildman–Crippen LogP) is 3.78. The molecule has 0 saturated heterocycles. The molecule has 0 fully saturated rings. The molecule has 64 valence electrons. The molecule has 0 bridgehead atoms. The van der Waals surface area contributed by atoms with Gasteiger partial charge >= 0.3 is 0 Å². The monoisotopic (exact) mass is 180 g/mol. The molecule has 1 aromatic carbocycles. The Kier molecular flexibility index (Phi) is 2.10. The molecular formula is C11H13Cl. The third-order valence-electron chi connectivity index (χ3n) is 2.72. The summed E-state index contributed by atoms with van der Waals surface area (Å²) in [6, 6.07) is 6.30. The van der Waals surface area contributed by atoms with Crippen LogP contribution in [0.1, 0.15) is 36.8 Å². The van der Waals surface area contributed by atoms with Crippen molar-refractivity contribution >= 4 is 11.6 Å². The molecule has 1 atom stereocenters. The third kappa shape index (κ3) is 1.36. The molecule has 0 spiro atoms. The average molecular weight is 181 g/mol. The molecule has 0 heterocycles. The Hall–Kier alpha value is -0.490. The highest BCUT2D eigenvalue weighted by Crippen LogP contribution is 2.32. The molecule has 12 heavy (non-hydrogen) atoms. The fourth-order valence-corrected chi connectivity index (χ4v) is 2.22. The van der Waals surface area contributed by atoms with Crippen molar-refractivity contribution in [3.63, 3.8) is 0 Å². The molecule has 0 aromatic heterocycles. The van der Waals surface area contributed by atoms with Crippen LogP contribution < -0.4 is 0 Å². The van der Waals surface area contributed by atoms with Crippen LogP contribution in [-0.2, 0) is 6.42 Å². The molecule has 0 saturated carbocycles. The molecule has 0 amide bonds. The minimum atomic E-state index is 0.728. The number of hydrogen-bond acceptors (Lipinski definition) is 0. The Labute approximate surface area is 78.6 Å². The summed E-state index contributed by atoms with van der Waals surface area (Å²) in [4.78, 5) is 0. The summed E-state index contributed by atoms with van der Waals surface area (Å²) < 4.78 is 0. The molecule has 0 aliphatic heterocycles. The smallest absolute Gasteiger partial charge is 0.0408 e. The number of fused-ring (bicyclic) bond motifs is 1. The predicted molar refractivity (Wildman–Crippen MR) is 52.8 cm³/mol. The Morgan fingerprint density at radius 1 is 1.42 bits per heavy atom. The van der Waals surface area contributed by atoms with Crippen LogP contribution in [0.25, 0.3) is 0 Å². The second kappa shape index (κ2) is 3.10. The van der Waals surface area contributed by atoms with E-state index in [1.165, 1.54) is 30.4 Å². The number of hydrogen-bond donors (Lipinski definition) is 0. The minimum Gasteiger partial charge on any atom is -0.0843 e. The molecular weight excluding hydrogens is 168 g/mol. The lowest BCUT2D eigenvalue weighted by Crippen LogP contribution is -2.06. The number of rotatable bonds is 0. The average Bonchev–Trinajstić information content (AvgIpc) is 2.04. The van der Waals surface area contributed by atoms with Gasteiger partial charge in [-0.1, -0.05) is 24.6 Å². The number of halogens is 1. The minimum absolute atomic E-state index is 0.728. The highest BCUT2D eigenvalue weighted by Gasteiger charge is 2.15. The van der Waals surface area contributed by atoms with E-state index in [1.807, 2.05) is 6.07 Å². The van der Waals surface area contributed by atoms with Gasteiger partial charge in [0.05, 0.1) is 0 Å². The van der Waals surface area contributed by atoms with Crippen molar-refractivity contribution in [1.29, 1.82) is 0 Å². The van der Waals surface area contributed by atoms with Gasteiger partial charge in [0.25, 0.3) is 0 Å². The second-order valence-electron chi connectivity index (χ2n) is 3.64. The van der Waals surface area contributed by atoms with Crippen LogP contribution in [0.5, 0.6) is 0 Å². The molecule has 2 rings (SSSR count). The summed E-state index contributed by atoms with van der Waals surface area (Å²) in [5.74, 6) is 0.728. The Morgan fingerprint density at radius 3 is 3.08 bits per heavy atom. The van der Waals surface area contributed by atoms with E-state index in [9.17, 15) is 0 Å². The quantitative estimate of drug-likeness (QED) is 0.570. The van der Waals surface area contributed by atoms with E-state index >= 15 is 0 Å². The summed E-state index contributed by atoms with van der Waals surface area (Å²) in [6.45, 7) is 2.30. The molecule has 0 N–H and O–H groups in total. The first-order valence-corrected chi connectivity index (χ1v) is 4.93. The van der Waals surface area contributed by atoms with Crippen LogP contribution in [0.2, 0.25) is 5.02 Å². The zero-order chi connectivity index (χ0) is 8.55. The van der Waals surface area contributed by atoms with Crippen molar-refractivity contribution in [3.8, 4) is 0 Å². The van der Waals surface area contributed by atoms with Gasteiger partial charge in [0, 0.05) is 5.02 Å². The number of aryl methyl sites for hydroxylation is 1. The fraction of sp³-hybridized carbons (Fsp3) is 0.455. The summed E-state index contributed by atoms with van der Waals surface area (Å²) in [5, 5.41) is 0.878. The van der Waals surface area contributed by atoms with E-state index in [0.717, 1.165) is 10.9 Å². The Morgan fingerprint density at radius 2 is 2.25 bits per heavy atom. The van der Waals surface area contributed by atoms with Crippen molar-refractivity contribution in [2.75, 3.05) is 0 Å². The maximum atomic E-state index is 5.92. The Balaban J connectivity index is 2.46. The molecule has 0 unspecified atom stereocenters. The first-order chi connectivity index (χ1) is 5.77. The van der Waals surface area contributed by atoms with Gasteiger partial charge in [-0.25, -0.2) is 0 Å². The highest BCUT2D eigenvalue weighted by molar-refractivity contribution is 6.30. The van der Waals surface area contributed by atoms with Crippen molar-refractivity contribution < 1.29 is 0 Å². The maximum Gasteiger partial charge on any atom is 0.0408 e. The standard InChI is InChI=1S/C11H13Cl/c1-8-3-2-4-9-7-10(12)5-6-11(8)9/h5-8H,2-4H2,1H3/t8-/m1/s1. The van der Waals surface area contributed by atoms with E-state index in [4.69, 9.17) is 11.6 Å². The normalized spacial score (nSPS) is 22.0. The summed E-state index contributed by atoms with van der Waals surface area (Å²) in [6.07, 6.45) is 3.85. The summed E-state index contributed by atoms with van der Waals surface area (Å²) >= 11 is 5.92. The molecule has 1 aromatic rings. The van der Waals surface area contributed by atoms with Gasteiger partial charge < -0.3 is 0 Å². The van der Waals surface area contributed by atoms with E-state index in [0.29, 0.717) is 0 Å². The SMILES string of the molecule is C[C@@H]1CCCc2cc(Cl)ccc21. The lowest BCUT2D eigenvalue weighted by atomic mass is 9.84. The highest BCUT2D eigenvalue weighted by atomic mass is 35.5. The zero-order valence-electron chi connectivity index (χ0n) is 7.31. The number of benzene rings is 1. The van der Waals surface area contributed by atoms with Gasteiger partial charge in [0.2, 0.25) is 0 Å². The van der Waals surface area contributed by atoms with Crippen molar-refractivity contribution in [2.24, 2.45) is 0 Å². The molecule has 1 heteroatoms. The molecule has 0 nitrogen and oxygen atoms in total. The fourth-order valence-electron chi connectivity index (χ4n) is 2.03. The van der Waals surface area contributed by atoms with E-state index < -0.39 is 0 Å². The van der Waals surface area contributed by atoms with Crippen molar-refractivity contribution in [2.45, 2.75) is 32.1 Å². The molecule has 1 aliphatic rings. The second-order valence-corrected chi connectivity index (χ2v) is 4.07. The van der Waals surface area contributed by atoms with E-state index in [2.05, 4.69) is 19.1 Å². The molecule has 1 aliphatic carbocycles. The van der Waals surface area contributed by atoms with Crippen LogP contribution in [0.4, 0.5) is 0 Å². The Bertz CT molecular complexity index is 291. The topological polar surface area (TPSA) is 0 Å². The van der Waals surface area contributed by atoms with Crippen LogP contribution in [0.3, 0.4) is 0 Å². The zero-order valence-corrected chi connectivity index (χ0v) is 8.06. The van der Waals surface area contributed by atoms with Gasteiger partial charge in [-0.3, -0.25) is 0 Å². The van der Waals surface area contributed by atoms with Gasteiger partial charge in [-0.15, -0.1) is 0 Å². The van der Waals surface area contributed by atoms with Crippen molar-refractivity contribution in [3.05, 3.63) is 34.3 Å². The van der Waals surface area contributed by atoms with Crippen LogP contribution in [0.15, 0.2) is 18.2 Å². The van der Waals surface area contributed by atoms with E-state index in [-0.39, 0.29) is 0 Å².